The lowest BCUT2D eigenvalue weighted by molar-refractivity contribution is -0.123. The number of hydrogen-bond donors (Lipinski definition) is 2. The van der Waals surface area contributed by atoms with Gasteiger partial charge in [0.15, 0.2) is 0 Å². The van der Waals surface area contributed by atoms with E-state index in [1.54, 1.807) is 0 Å². The van der Waals surface area contributed by atoms with Crippen LogP contribution < -0.4 is 10.6 Å². The van der Waals surface area contributed by atoms with E-state index in [9.17, 15) is 13.6 Å². The number of halogens is 2. The topological polar surface area (TPSA) is 41.1 Å². The van der Waals surface area contributed by atoms with Crippen molar-refractivity contribution in [3.63, 3.8) is 0 Å². The van der Waals surface area contributed by atoms with Gasteiger partial charge < -0.3 is 5.32 Å². The first-order valence-electron chi connectivity index (χ1n) is 4.79. The number of amides is 1. The second-order valence-electron chi connectivity index (χ2n) is 4.13. The predicted molar refractivity (Wildman–Crippen MR) is 49.2 cm³/mol. The molecule has 1 amide bonds. The number of rotatable bonds is 3. The number of hydrogen-bond acceptors (Lipinski definition) is 2. The van der Waals surface area contributed by atoms with Gasteiger partial charge in [0.05, 0.1) is 12.6 Å². The van der Waals surface area contributed by atoms with Crippen LogP contribution in [0, 0.1) is 5.92 Å². The van der Waals surface area contributed by atoms with Gasteiger partial charge in [0.25, 0.3) is 5.92 Å². The molecule has 1 aliphatic rings. The van der Waals surface area contributed by atoms with Crippen molar-refractivity contribution >= 4 is 5.91 Å². The van der Waals surface area contributed by atoms with E-state index in [2.05, 4.69) is 10.6 Å². The average Bonchev–Trinajstić information content (AvgIpc) is 2.41. The molecule has 3 nitrogen and oxygen atoms in total. The van der Waals surface area contributed by atoms with Gasteiger partial charge in [0.2, 0.25) is 5.91 Å². The second kappa shape index (κ2) is 4.21. The van der Waals surface area contributed by atoms with Crippen LogP contribution >= 0.6 is 0 Å². The molecule has 0 aromatic heterocycles. The molecule has 1 heterocycles. The fraction of sp³-hybridized carbons (Fsp3) is 0.889. The van der Waals surface area contributed by atoms with Gasteiger partial charge in [-0.3, -0.25) is 10.1 Å². The van der Waals surface area contributed by atoms with Crippen molar-refractivity contribution < 1.29 is 13.6 Å². The lowest BCUT2D eigenvalue weighted by Gasteiger charge is -2.12. The minimum absolute atomic E-state index is 0.323. The van der Waals surface area contributed by atoms with Gasteiger partial charge in [-0.15, -0.1) is 0 Å². The molecule has 14 heavy (non-hydrogen) atoms. The van der Waals surface area contributed by atoms with Gasteiger partial charge in [0.1, 0.15) is 0 Å². The molecule has 1 atom stereocenters. The zero-order valence-electron chi connectivity index (χ0n) is 8.44. The monoisotopic (exact) mass is 206 g/mol. The number of carbonyl (C=O) groups is 1. The molecule has 2 N–H and O–H groups in total. The SMILES string of the molecule is CC(C)CNC(=O)[C@@H]1CC(F)(F)CN1. The molecule has 0 aliphatic carbocycles. The third kappa shape index (κ3) is 3.21. The van der Waals surface area contributed by atoms with Crippen LogP contribution in [0.2, 0.25) is 0 Å². The molecule has 82 valence electrons. The minimum Gasteiger partial charge on any atom is -0.354 e. The fourth-order valence-corrected chi connectivity index (χ4v) is 1.33. The summed E-state index contributed by atoms with van der Waals surface area (Å²) in [5, 5.41) is 5.14. The molecule has 0 radical (unpaired) electrons. The van der Waals surface area contributed by atoms with Crippen molar-refractivity contribution in [1.82, 2.24) is 10.6 Å². The number of alkyl halides is 2. The molecule has 1 rings (SSSR count). The van der Waals surface area contributed by atoms with E-state index in [0.29, 0.717) is 12.5 Å². The molecule has 0 aromatic rings. The summed E-state index contributed by atoms with van der Waals surface area (Å²) >= 11 is 0. The van der Waals surface area contributed by atoms with Crippen LogP contribution in [-0.2, 0) is 4.79 Å². The van der Waals surface area contributed by atoms with Gasteiger partial charge in [0, 0.05) is 13.0 Å². The number of carbonyl (C=O) groups excluding carboxylic acids is 1. The molecular weight excluding hydrogens is 190 g/mol. The third-order valence-electron chi connectivity index (χ3n) is 2.11. The Morgan fingerprint density at radius 1 is 1.64 bits per heavy atom. The quantitative estimate of drug-likeness (QED) is 0.715. The Bertz CT molecular complexity index is 219. The van der Waals surface area contributed by atoms with Crippen LogP contribution in [0.1, 0.15) is 20.3 Å². The van der Waals surface area contributed by atoms with Crippen molar-refractivity contribution in [2.75, 3.05) is 13.1 Å². The van der Waals surface area contributed by atoms with Crippen LogP contribution in [0.15, 0.2) is 0 Å². The smallest absolute Gasteiger partial charge is 0.262 e. The standard InChI is InChI=1S/C9H16F2N2O/c1-6(2)4-12-8(14)7-3-9(10,11)5-13-7/h6-7,13H,3-5H2,1-2H3,(H,12,14)/t7-/m0/s1. The maximum Gasteiger partial charge on any atom is 0.262 e. The van der Waals surface area contributed by atoms with E-state index in [4.69, 9.17) is 0 Å². The maximum atomic E-state index is 12.7. The minimum atomic E-state index is -2.74. The molecule has 5 heteroatoms. The fourth-order valence-electron chi connectivity index (χ4n) is 1.33. The van der Waals surface area contributed by atoms with E-state index < -0.39 is 24.9 Å². The highest BCUT2D eigenvalue weighted by Gasteiger charge is 2.42. The van der Waals surface area contributed by atoms with Crippen LogP contribution in [0.4, 0.5) is 8.78 Å². The van der Waals surface area contributed by atoms with E-state index >= 15 is 0 Å². The highest BCUT2D eigenvalue weighted by atomic mass is 19.3. The molecule has 0 aromatic carbocycles. The summed E-state index contributed by atoms with van der Waals surface area (Å²) in [6.07, 6.45) is -0.392. The maximum absolute atomic E-state index is 12.7. The summed E-state index contributed by atoms with van der Waals surface area (Å²) in [4.78, 5) is 11.3. The number of nitrogens with one attached hydrogen (secondary N) is 2. The molecule has 0 spiro atoms. The van der Waals surface area contributed by atoms with Gasteiger partial charge in [-0.1, -0.05) is 13.8 Å². The summed E-state index contributed by atoms with van der Waals surface area (Å²) in [5.74, 6) is -2.73. The van der Waals surface area contributed by atoms with Crippen molar-refractivity contribution in [3.05, 3.63) is 0 Å². The van der Waals surface area contributed by atoms with Gasteiger partial charge >= 0.3 is 0 Å². The zero-order valence-corrected chi connectivity index (χ0v) is 8.44. The Morgan fingerprint density at radius 3 is 2.71 bits per heavy atom. The average molecular weight is 206 g/mol. The Morgan fingerprint density at radius 2 is 2.29 bits per heavy atom. The van der Waals surface area contributed by atoms with Crippen molar-refractivity contribution in [3.8, 4) is 0 Å². The predicted octanol–water partition coefficient (Wildman–Crippen LogP) is 0.756. The summed E-state index contributed by atoms with van der Waals surface area (Å²) in [7, 11) is 0. The largest absolute Gasteiger partial charge is 0.354 e. The van der Waals surface area contributed by atoms with E-state index in [1.807, 2.05) is 13.8 Å². The Hall–Kier alpha value is -0.710. The summed E-state index contributed by atoms with van der Waals surface area (Å²) < 4.78 is 25.4. The Kier molecular flexibility index (Phi) is 3.42. The molecule has 1 fully saturated rings. The van der Waals surface area contributed by atoms with Crippen LogP contribution in [0.3, 0.4) is 0 Å². The van der Waals surface area contributed by atoms with Crippen LogP contribution in [0.25, 0.3) is 0 Å². The third-order valence-corrected chi connectivity index (χ3v) is 2.11. The first kappa shape index (κ1) is 11.4. The first-order chi connectivity index (χ1) is 6.41. The van der Waals surface area contributed by atoms with Gasteiger partial charge in [-0.25, -0.2) is 8.78 Å². The van der Waals surface area contributed by atoms with Gasteiger partial charge in [-0.2, -0.15) is 0 Å². The van der Waals surface area contributed by atoms with Crippen molar-refractivity contribution in [2.45, 2.75) is 32.2 Å². The highest BCUT2D eigenvalue weighted by molar-refractivity contribution is 5.82. The summed E-state index contributed by atoms with van der Waals surface area (Å²) in [5.41, 5.74) is 0. The lowest BCUT2D eigenvalue weighted by atomic mass is 10.1. The highest BCUT2D eigenvalue weighted by Crippen LogP contribution is 2.24. The molecule has 1 saturated heterocycles. The molecule has 0 saturated carbocycles. The molecule has 0 bridgehead atoms. The summed E-state index contributed by atoms with van der Waals surface area (Å²) in [6.45, 7) is 4.04. The Balaban J connectivity index is 2.33. The van der Waals surface area contributed by atoms with Crippen molar-refractivity contribution in [1.29, 1.82) is 0 Å². The van der Waals surface area contributed by atoms with E-state index in [0.717, 1.165) is 0 Å². The van der Waals surface area contributed by atoms with E-state index in [-0.39, 0.29) is 5.91 Å². The zero-order chi connectivity index (χ0) is 10.8. The molecule has 1 aliphatic heterocycles. The second-order valence-corrected chi connectivity index (χ2v) is 4.13. The summed E-state index contributed by atoms with van der Waals surface area (Å²) in [6, 6.07) is -0.733. The molecule has 0 unspecified atom stereocenters. The molecular formula is C9H16F2N2O. The van der Waals surface area contributed by atoms with E-state index in [1.165, 1.54) is 0 Å². The first-order valence-corrected chi connectivity index (χ1v) is 4.79. The van der Waals surface area contributed by atoms with Gasteiger partial charge in [-0.05, 0) is 5.92 Å². The van der Waals surface area contributed by atoms with Crippen LogP contribution in [-0.4, -0.2) is 31.0 Å². The van der Waals surface area contributed by atoms with Crippen molar-refractivity contribution in [2.24, 2.45) is 5.92 Å². The lowest BCUT2D eigenvalue weighted by Crippen LogP contribution is -2.41. The van der Waals surface area contributed by atoms with Crippen LogP contribution in [0.5, 0.6) is 0 Å². The Labute approximate surface area is 82.2 Å². The normalized spacial score (nSPS) is 25.4.